The summed E-state index contributed by atoms with van der Waals surface area (Å²) in [5, 5.41) is 3.79. The molecular weight excluding hydrogens is 490 g/mol. The Kier molecular flexibility index (Phi) is 4.79. The van der Waals surface area contributed by atoms with Gasteiger partial charge in [0, 0.05) is 21.5 Å². The number of ether oxygens (including phenoxy) is 1. The lowest BCUT2D eigenvalue weighted by atomic mass is 9.75. The molecule has 35 heavy (non-hydrogen) atoms. The first-order chi connectivity index (χ1) is 16.7. The topological polar surface area (TPSA) is 96.0 Å². The van der Waals surface area contributed by atoms with E-state index in [1.54, 1.807) is 19.1 Å². The van der Waals surface area contributed by atoms with Crippen molar-refractivity contribution in [3.63, 3.8) is 0 Å². The van der Waals surface area contributed by atoms with Gasteiger partial charge < -0.3 is 10.1 Å². The highest BCUT2D eigenvalue weighted by Crippen LogP contribution is 2.61. The summed E-state index contributed by atoms with van der Waals surface area (Å²) in [4.78, 5) is 58.7. The maximum Gasteiger partial charge on any atom is 0.341 e. The van der Waals surface area contributed by atoms with Crippen LogP contribution >= 0.6 is 22.9 Å². The Hall–Kier alpha value is -2.75. The van der Waals surface area contributed by atoms with E-state index in [4.69, 9.17) is 16.3 Å². The number of nitrogens with zero attached hydrogens (tertiary/aromatic N) is 2. The van der Waals surface area contributed by atoms with Crippen molar-refractivity contribution in [3.05, 3.63) is 44.3 Å². The lowest BCUT2D eigenvalue weighted by Gasteiger charge is -2.36. The van der Waals surface area contributed by atoms with E-state index in [0.717, 1.165) is 28.2 Å². The third-order valence-electron chi connectivity index (χ3n) is 8.32. The Morgan fingerprint density at radius 3 is 2.63 bits per heavy atom. The van der Waals surface area contributed by atoms with Crippen LogP contribution in [-0.2, 0) is 24.7 Å². The van der Waals surface area contributed by atoms with Gasteiger partial charge in [0.05, 0.1) is 30.2 Å². The third-order valence-corrected chi connectivity index (χ3v) is 9.92. The molecular formula is C25H24ClN3O5S. The van der Waals surface area contributed by atoms with Crippen LogP contribution in [0.5, 0.6) is 0 Å². The zero-order valence-electron chi connectivity index (χ0n) is 19.7. The molecule has 1 aromatic carbocycles. The quantitative estimate of drug-likeness (QED) is 0.487. The molecule has 0 bridgehead atoms. The first-order valence-electron chi connectivity index (χ1n) is 11.6. The molecule has 4 aliphatic rings. The molecule has 10 heteroatoms. The maximum absolute atomic E-state index is 14.2. The van der Waals surface area contributed by atoms with Crippen LogP contribution in [0, 0.1) is 32.6 Å². The molecule has 6 rings (SSSR count). The Morgan fingerprint density at radius 2 is 1.91 bits per heavy atom. The van der Waals surface area contributed by atoms with E-state index in [2.05, 4.69) is 10.2 Å². The van der Waals surface area contributed by atoms with Gasteiger partial charge >= 0.3 is 5.97 Å². The van der Waals surface area contributed by atoms with Gasteiger partial charge in [-0.2, -0.15) is 0 Å². The van der Waals surface area contributed by atoms with Gasteiger partial charge in [0.2, 0.25) is 17.7 Å². The van der Waals surface area contributed by atoms with Gasteiger partial charge in [-0.1, -0.05) is 17.7 Å². The monoisotopic (exact) mass is 513 g/mol. The molecule has 5 heterocycles. The number of nitrogens with one attached hydrogen (secondary N) is 1. The minimum absolute atomic E-state index is 0.230. The number of carbonyl (C=O) groups excluding carboxylic acids is 4. The smallest absolute Gasteiger partial charge is 0.341 e. The number of rotatable bonds is 2. The molecule has 1 spiro atoms. The molecule has 0 aliphatic carbocycles. The number of carbonyl (C=O) groups is 4. The molecule has 3 saturated heterocycles. The number of imide groups is 1. The fourth-order valence-electron chi connectivity index (χ4n) is 6.70. The van der Waals surface area contributed by atoms with Crippen molar-refractivity contribution in [2.75, 3.05) is 23.9 Å². The van der Waals surface area contributed by atoms with Crippen molar-refractivity contribution in [2.24, 2.45) is 11.8 Å². The fraction of sp³-hybridized carbons (Fsp3) is 0.440. The predicted octanol–water partition coefficient (Wildman–Crippen LogP) is 3.54. The standard InChI is InChI=1S/C25H24ClN3O5S/c1-10-12(3)35-22(16(10)23(32)34-4)29-20(30)17-15-6-5-9-28(15)25(18(17)21(29)31)13-7-8-14(26)11(2)19(13)27-24(25)33/h7-8,15,17-18H,5-6,9H2,1-4H3,(H,27,33)/t15-,17+,18-,25-/m0/s1. The second-order valence-corrected chi connectivity index (χ2v) is 11.3. The van der Waals surface area contributed by atoms with E-state index in [0.29, 0.717) is 28.4 Å². The number of thiophene rings is 1. The third kappa shape index (κ3) is 2.56. The van der Waals surface area contributed by atoms with Crippen LogP contribution in [0.25, 0.3) is 0 Å². The zero-order chi connectivity index (χ0) is 25.0. The minimum Gasteiger partial charge on any atom is -0.465 e. The number of amides is 3. The highest BCUT2D eigenvalue weighted by Gasteiger charge is 2.75. The first kappa shape index (κ1) is 22.7. The predicted molar refractivity (Wildman–Crippen MR) is 131 cm³/mol. The van der Waals surface area contributed by atoms with Crippen LogP contribution in [0.15, 0.2) is 12.1 Å². The maximum atomic E-state index is 14.2. The van der Waals surface area contributed by atoms with E-state index < -0.39 is 29.3 Å². The number of fused-ring (bicyclic) bond motifs is 7. The summed E-state index contributed by atoms with van der Waals surface area (Å²) in [6, 6.07) is 3.31. The number of anilines is 2. The normalized spacial score (nSPS) is 29.1. The van der Waals surface area contributed by atoms with Gasteiger partial charge in [-0.3, -0.25) is 19.3 Å². The lowest BCUT2D eigenvalue weighted by Crippen LogP contribution is -2.54. The van der Waals surface area contributed by atoms with Gasteiger partial charge in [-0.25, -0.2) is 9.69 Å². The van der Waals surface area contributed by atoms with Crippen molar-refractivity contribution in [2.45, 2.75) is 45.2 Å². The van der Waals surface area contributed by atoms with Gasteiger partial charge in [-0.05, 0) is 57.4 Å². The van der Waals surface area contributed by atoms with E-state index in [9.17, 15) is 19.2 Å². The minimum atomic E-state index is -1.29. The molecule has 8 nitrogen and oxygen atoms in total. The SMILES string of the molecule is COC(=O)c1c(N2C(=O)[C@H]3[C@@H](C2=O)[C@@]2(C(=O)Nc4c2ccc(Cl)c4C)N2CCC[C@@H]32)sc(C)c1C. The second-order valence-electron chi connectivity index (χ2n) is 9.69. The lowest BCUT2D eigenvalue weighted by molar-refractivity contribution is -0.135. The van der Waals surface area contributed by atoms with E-state index in [1.165, 1.54) is 18.4 Å². The molecule has 4 aliphatic heterocycles. The average molecular weight is 514 g/mol. The van der Waals surface area contributed by atoms with Crippen molar-refractivity contribution >= 4 is 57.3 Å². The summed E-state index contributed by atoms with van der Waals surface area (Å²) >= 11 is 7.58. The molecule has 3 fully saturated rings. The summed E-state index contributed by atoms with van der Waals surface area (Å²) in [6.45, 7) is 6.08. The average Bonchev–Trinajstić information content (AvgIpc) is 3.58. The van der Waals surface area contributed by atoms with Gasteiger partial charge in [0.1, 0.15) is 10.5 Å². The highest BCUT2D eigenvalue weighted by molar-refractivity contribution is 7.17. The number of halogens is 1. The molecule has 2 aromatic rings. The van der Waals surface area contributed by atoms with Gasteiger partial charge in [0.25, 0.3) is 0 Å². The fourth-order valence-corrected chi connectivity index (χ4v) is 8.01. The molecule has 0 saturated carbocycles. The summed E-state index contributed by atoms with van der Waals surface area (Å²) in [5.41, 5.74) is 1.67. The summed E-state index contributed by atoms with van der Waals surface area (Å²) in [6.07, 6.45) is 1.55. The summed E-state index contributed by atoms with van der Waals surface area (Å²) in [5.74, 6) is -3.26. The number of benzene rings is 1. The largest absolute Gasteiger partial charge is 0.465 e. The molecule has 1 aromatic heterocycles. The van der Waals surface area contributed by atoms with Crippen LogP contribution in [-0.4, -0.2) is 48.3 Å². The highest BCUT2D eigenvalue weighted by atomic mass is 35.5. The summed E-state index contributed by atoms with van der Waals surface area (Å²) in [7, 11) is 1.28. The molecule has 0 unspecified atom stereocenters. The Balaban J connectivity index is 1.57. The van der Waals surface area contributed by atoms with Crippen LogP contribution in [0.1, 0.15) is 44.8 Å². The van der Waals surface area contributed by atoms with Crippen LogP contribution < -0.4 is 10.2 Å². The number of hydrogen-bond acceptors (Lipinski definition) is 7. The van der Waals surface area contributed by atoms with Crippen molar-refractivity contribution in [3.8, 4) is 0 Å². The number of esters is 1. The van der Waals surface area contributed by atoms with Crippen LogP contribution in [0.3, 0.4) is 0 Å². The van der Waals surface area contributed by atoms with Crippen molar-refractivity contribution in [1.29, 1.82) is 0 Å². The first-order valence-corrected chi connectivity index (χ1v) is 12.8. The van der Waals surface area contributed by atoms with Gasteiger partial charge in [-0.15, -0.1) is 11.3 Å². The Bertz CT molecular complexity index is 1370. The molecule has 0 radical (unpaired) electrons. The molecule has 4 atom stereocenters. The zero-order valence-corrected chi connectivity index (χ0v) is 21.3. The second kappa shape index (κ2) is 7.38. The van der Waals surface area contributed by atoms with E-state index in [1.807, 2.05) is 13.8 Å². The number of methoxy groups -OCH3 is 1. The van der Waals surface area contributed by atoms with E-state index >= 15 is 0 Å². The van der Waals surface area contributed by atoms with Crippen molar-refractivity contribution in [1.82, 2.24) is 4.90 Å². The number of hydrogen-bond donors (Lipinski definition) is 1. The molecule has 3 amide bonds. The van der Waals surface area contributed by atoms with Crippen molar-refractivity contribution < 1.29 is 23.9 Å². The van der Waals surface area contributed by atoms with E-state index in [-0.39, 0.29) is 28.4 Å². The Morgan fingerprint density at radius 1 is 1.17 bits per heavy atom. The van der Waals surface area contributed by atoms with Gasteiger partial charge in [0.15, 0.2) is 0 Å². The van der Waals surface area contributed by atoms with Crippen LogP contribution in [0.2, 0.25) is 5.02 Å². The molecule has 182 valence electrons. The number of aryl methyl sites for hydroxylation is 1. The summed E-state index contributed by atoms with van der Waals surface area (Å²) < 4.78 is 4.98. The van der Waals surface area contributed by atoms with Crippen LogP contribution in [0.4, 0.5) is 10.7 Å². The molecule has 1 N–H and O–H groups in total. The Labute approximate surface area is 211 Å².